The average Bonchev–Trinajstić information content (AvgIpc) is 3.97. The van der Waals surface area contributed by atoms with E-state index in [0.29, 0.717) is 32.1 Å². The van der Waals surface area contributed by atoms with Gasteiger partial charge in [-0.1, -0.05) is 121 Å². The molecule has 72 heavy (non-hydrogen) atoms. The molecule has 2 aromatic heterocycles. The van der Waals surface area contributed by atoms with E-state index in [4.69, 9.17) is 11.5 Å². The molecule has 0 saturated carbocycles. The average molecular weight is 988 g/mol. The number of benzene rings is 6. The number of thiophene rings is 1. The predicted molar refractivity (Wildman–Crippen MR) is 285 cm³/mol. The fourth-order valence-corrected chi connectivity index (χ4v) is 9.41. The minimum atomic E-state index is -1.16. The Hall–Kier alpha value is -7.92. The van der Waals surface area contributed by atoms with Crippen molar-refractivity contribution in [3.8, 4) is 0 Å². The second-order valence-electron chi connectivity index (χ2n) is 18.9. The molecular weight excluding hydrogens is 927 g/mol. The van der Waals surface area contributed by atoms with E-state index < -0.39 is 59.1 Å². The lowest BCUT2D eigenvalue weighted by molar-refractivity contribution is -0.131. The molecule has 6 aromatic carbocycles. The van der Waals surface area contributed by atoms with Crippen molar-refractivity contribution in [3.05, 3.63) is 167 Å². The lowest BCUT2D eigenvalue weighted by atomic mass is 9.97. The van der Waals surface area contributed by atoms with Crippen molar-refractivity contribution in [2.24, 2.45) is 11.5 Å². The number of aromatic amines is 1. The normalized spacial score (nSPS) is 13.2. The zero-order valence-electron chi connectivity index (χ0n) is 40.7. The number of rotatable bonds is 20. The summed E-state index contributed by atoms with van der Waals surface area (Å²) in [5.41, 5.74) is 14.4. The summed E-state index contributed by atoms with van der Waals surface area (Å²) in [6.07, 6.45) is 2.96. The second kappa shape index (κ2) is 23.3. The van der Waals surface area contributed by atoms with Crippen molar-refractivity contribution in [3.63, 3.8) is 0 Å². The molecule has 11 N–H and O–H groups in total. The molecule has 0 aliphatic carbocycles. The van der Waals surface area contributed by atoms with Crippen LogP contribution in [0.1, 0.15) is 49.9 Å². The van der Waals surface area contributed by atoms with E-state index in [1.165, 1.54) is 0 Å². The van der Waals surface area contributed by atoms with E-state index in [0.717, 1.165) is 64.8 Å². The van der Waals surface area contributed by atoms with Gasteiger partial charge in [0.15, 0.2) is 0 Å². The molecule has 2 heterocycles. The summed E-state index contributed by atoms with van der Waals surface area (Å²) in [6.45, 7) is 6.36. The topological polar surface area (TPSA) is 242 Å². The molecule has 372 valence electrons. The fraction of sp³-hybridized carbons (Fsp3) is 0.250. The van der Waals surface area contributed by atoms with Crippen molar-refractivity contribution < 1.29 is 28.8 Å². The molecule has 8 rings (SSSR count). The van der Waals surface area contributed by atoms with Crippen LogP contribution < -0.4 is 43.4 Å². The Labute approximate surface area is 421 Å². The number of H-pyrrole nitrogens is 1. The fourth-order valence-electron chi connectivity index (χ4n) is 8.43. The Morgan fingerprint density at radius 2 is 0.944 bits per heavy atom. The highest BCUT2D eigenvalue weighted by Crippen LogP contribution is 2.27. The third-order valence-corrected chi connectivity index (χ3v) is 13.3. The quantitative estimate of drug-likeness (QED) is 0.0335. The molecule has 0 fully saturated rings. The first-order valence-corrected chi connectivity index (χ1v) is 24.5. The van der Waals surface area contributed by atoms with E-state index >= 15 is 0 Å². The van der Waals surface area contributed by atoms with Gasteiger partial charge < -0.3 is 48.4 Å². The van der Waals surface area contributed by atoms with Gasteiger partial charge in [-0.2, -0.15) is 0 Å². The Bertz CT molecular complexity index is 3200. The van der Waals surface area contributed by atoms with E-state index in [9.17, 15) is 28.8 Å². The number of fused-ring (bicyclic) bond motifs is 4. The van der Waals surface area contributed by atoms with Gasteiger partial charge in [-0.25, -0.2) is 0 Å². The van der Waals surface area contributed by atoms with Crippen molar-refractivity contribution in [2.75, 3.05) is 0 Å². The van der Waals surface area contributed by atoms with Crippen molar-refractivity contribution in [1.82, 2.24) is 36.9 Å². The lowest BCUT2D eigenvalue weighted by Crippen LogP contribution is -2.59. The maximum absolute atomic E-state index is 13.5. The van der Waals surface area contributed by atoms with Gasteiger partial charge in [0.25, 0.3) is 0 Å². The number of carbonyl (C=O) groups excluding carboxylic acids is 6. The Kier molecular flexibility index (Phi) is 16.8. The molecule has 0 radical (unpaired) electrons. The molecule has 0 bridgehead atoms. The van der Waals surface area contributed by atoms with Crippen molar-refractivity contribution in [2.45, 2.75) is 88.9 Å². The molecule has 16 heteroatoms. The predicted octanol–water partition coefficient (Wildman–Crippen LogP) is 5.77. The van der Waals surface area contributed by atoms with Gasteiger partial charge in [0.05, 0.1) is 11.1 Å². The summed E-state index contributed by atoms with van der Waals surface area (Å²) in [5, 5.41) is 25.0. The maximum atomic E-state index is 13.5. The zero-order chi connectivity index (χ0) is 51.4. The molecular formula is C56H61N9O6S. The number of aromatic nitrogens is 1. The van der Waals surface area contributed by atoms with Crippen LogP contribution in [0.5, 0.6) is 0 Å². The van der Waals surface area contributed by atoms with Crippen LogP contribution in [0, 0.1) is 0 Å². The highest BCUT2D eigenvalue weighted by molar-refractivity contribution is 7.17. The Morgan fingerprint density at radius 3 is 1.47 bits per heavy atom. The van der Waals surface area contributed by atoms with E-state index in [-0.39, 0.29) is 6.42 Å². The van der Waals surface area contributed by atoms with Crippen molar-refractivity contribution in [1.29, 1.82) is 0 Å². The summed E-state index contributed by atoms with van der Waals surface area (Å²) >= 11 is 1.59. The highest BCUT2D eigenvalue weighted by atomic mass is 32.1. The smallest absolute Gasteiger partial charge is 0.244 e. The van der Waals surface area contributed by atoms with Gasteiger partial charge in [0, 0.05) is 47.5 Å². The first-order valence-electron chi connectivity index (χ1n) is 23.7. The Morgan fingerprint density at radius 1 is 0.514 bits per heavy atom. The van der Waals surface area contributed by atoms with E-state index in [1.54, 1.807) is 39.0 Å². The monoisotopic (exact) mass is 987 g/mol. The Balaban J connectivity index is 0.000000211. The van der Waals surface area contributed by atoms with Gasteiger partial charge in [-0.15, -0.1) is 11.3 Å². The highest BCUT2D eigenvalue weighted by Gasteiger charge is 2.32. The van der Waals surface area contributed by atoms with Crippen LogP contribution in [0.15, 0.2) is 145 Å². The van der Waals surface area contributed by atoms with Gasteiger partial charge in [0.1, 0.15) is 24.4 Å². The summed E-state index contributed by atoms with van der Waals surface area (Å²) < 4.78 is 1.11. The number of hydrogen-bond donors (Lipinski definition) is 9. The molecule has 15 nitrogen and oxygen atoms in total. The van der Waals surface area contributed by atoms with Crippen LogP contribution in [-0.4, -0.2) is 76.9 Å². The van der Waals surface area contributed by atoms with Gasteiger partial charge >= 0.3 is 0 Å². The number of para-hydroxylation sites is 1. The summed E-state index contributed by atoms with van der Waals surface area (Å²) in [6, 6.07) is 41.6. The molecule has 6 amide bonds. The van der Waals surface area contributed by atoms with Crippen LogP contribution in [0.2, 0.25) is 0 Å². The van der Waals surface area contributed by atoms with Crippen LogP contribution in [0.3, 0.4) is 0 Å². The summed E-state index contributed by atoms with van der Waals surface area (Å²) in [4.78, 5) is 78.4. The molecule has 0 aliphatic heterocycles. The zero-order valence-corrected chi connectivity index (χ0v) is 41.5. The number of nitrogens with one attached hydrogen (secondary N) is 7. The molecule has 0 saturated heterocycles. The number of carbonyl (C=O) groups is 6. The van der Waals surface area contributed by atoms with E-state index in [2.05, 4.69) is 36.9 Å². The molecule has 4 atom stereocenters. The SMILES string of the molecule is CC(C)(N)C(=O)N[C@H](Cc1cccc2ccccc12)C(=O)N[C@H](Cc1c[nH]c2ccccc12)NC=O.CC(C)(N)C(=O)N[C@H](Cc1csc2ccccc12)C(=O)N[C@H](Cc1cccc2ccccc12)NC=O. The third kappa shape index (κ3) is 13.3. The lowest BCUT2D eigenvalue weighted by Gasteiger charge is -2.26. The largest absolute Gasteiger partial charge is 0.361 e. The number of nitrogens with two attached hydrogens (primary N) is 2. The summed E-state index contributed by atoms with van der Waals surface area (Å²) in [5.74, 6) is -1.70. The minimum absolute atomic E-state index is 0.260. The molecule has 0 spiro atoms. The third-order valence-electron chi connectivity index (χ3n) is 12.3. The van der Waals surface area contributed by atoms with Crippen molar-refractivity contribution >= 4 is 90.3 Å². The molecule has 0 aliphatic rings. The first kappa shape index (κ1) is 51.9. The second-order valence-corrected chi connectivity index (χ2v) is 19.8. The van der Waals surface area contributed by atoms with Crippen LogP contribution in [-0.2, 0) is 54.5 Å². The first-order chi connectivity index (χ1) is 34.5. The van der Waals surface area contributed by atoms with E-state index in [1.807, 2.05) is 145 Å². The van der Waals surface area contributed by atoms with Crippen LogP contribution >= 0.6 is 11.3 Å². The van der Waals surface area contributed by atoms with Gasteiger partial charge in [-0.3, -0.25) is 28.8 Å². The standard InChI is InChI=1S/C28H31N5O3.C28H30N4O3S/c1-28(2,29)27(36)32-24(14-19-10-7-9-18-8-3-4-11-21(18)19)26(35)33-25(31-17-34)15-20-16-30-23-13-6-5-12-22(20)23;1-28(2,29)27(35)31-23(14-20-16-36-24-13-6-5-12-22(20)24)26(34)32-25(30-17-33)15-19-10-7-9-18-8-3-4-11-21(18)19/h3-13,16-17,24-25,30H,14-15,29H2,1-2H3,(H,31,34)(H,32,36)(H,33,35);3-13,16-17,23,25H,14-15,29H2,1-2H3,(H,30,33)(H,31,35)(H,32,34)/t24-,25-;23-,25-/m11/s1. The van der Waals surface area contributed by atoms with Gasteiger partial charge in [0.2, 0.25) is 36.4 Å². The molecule has 0 unspecified atom stereocenters. The number of amides is 6. The maximum Gasteiger partial charge on any atom is 0.244 e. The van der Waals surface area contributed by atoms with Gasteiger partial charge in [-0.05, 0) is 94.4 Å². The summed E-state index contributed by atoms with van der Waals surface area (Å²) in [7, 11) is 0. The van der Waals surface area contributed by atoms with Crippen LogP contribution in [0.25, 0.3) is 42.5 Å². The molecule has 8 aromatic rings. The minimum Gasteiger partial charge on any atom is -0.361 e. The number of hydrogen-bond acceptors (Lipinski definition) is 9. The van der Waals surface area contributed by atoms with Crippen LogP contribution in [0.4, 0.5) is 0 Å².